The van der Waals surface area contributed by atoms with Gasteiger partial charge in [0.1, 0.15) is 11.4 Å². The minimum atomic E-state index is -0.308. The lowest BCUT2D eigenvalue weighted by molar-refractivity contribution is -0.120. The average Bonchev–Trinajstić information content (AvgIpc) is 3.34. The number of nitrogens with zero attached hydrogens (tertiary/aromatic N) is 2. The van der Waals surface area contributed by atoms with Crippen LogP contribution in [0.25, 0.3) is 5.57 Å². The number of aliphatic hydroxyl groups excluding tert-OH is 1. The molecule has 4 rings (SSSR count). The Bertz CT molecular complexity index is 905. The molecule has 1 aromatic heterocycles. The normalized spacial score (nSPS) is 20.3. The fourth-order valence-electron chi connectivity index (χ4n) is 3.84. The molecule has 7 heteroatoms. The number of carbonyl (C=O) groups excluding carboxylic acids is 2. The zero-order chi connectivity index (χ0) is 19.7. The van der Waals surface area contributed by atoms with Crippen molar-refractivity contribution in [3.05, 3.63) is 52.4 Å². The quantitative estimate of drug-likeness (QED) is 0.785. The molecule has 1 fully saturated rings. The van der Waals surface area contributed by atoms with Gasteiger partial charge in [-0.05, 0) is 54.5 Å². The highest BCUT2D eigenvalue weighted by molar-refractivity contribution is 7.11. The number of likely N-dealkylation sites (tertiary alicyclic amines) is 1. The Morgan fingerprint density at radius 1 is 1.18 bits per heavy atom. The first kappa shape index (κ1) is 18.7. The first-order valence-electron chi connectivity index (χ1n) is 9.31. The second-order valence-corrected chi connectivity index (χ2v) is 7.93. The molecule has 2 aliphatic heterocycles. The van der Waals surface area contributed by atoms with Crippen molar-refractivity contribution in [1.29, 1.82) is 0 Å². The van der Waals surface area contributed by atoms with E-state index in [1.807, 2.05) is 22.4 Å². The van der Waals surface area contributed by atoms with Crippen LogP contribution in [0.5, 0.6) is 5.75 Å². The fraction of sp³-hybridized carbons (Fsp3) is 0.333. The number of thiophene rings is 1. The Balaban J connectivity index is 1.75. The molecule has 0 radical (unpaired) electrons. The summed E-state index contributed by atoms with van der Waals surface area (Å²) in [7, 11) is 1.57. The van der Waals surface area contributed by atoms with Crippen LogP contribution in [-0.4, -0.2) is 48.6 Å². The monoisotopic (exact) mass is 398 g/mol. The summed E-state index contributed by atoms with van der Waals surface area (Å²) in [5.41, 5.74) is 1.42. The molecule has 2 amide bonds. The number of rotatable bonds is 5. The molecule has 1 unspecified atom stereocenters. The average molecular weight is 398 g/mol. The molecular weight excluding hydrogens is 376 g/mol. The van der Waals surface area contributed by atoms with Crippen LogP contribution < -0.4 is 9.64 Å². The zero-order valence-electron chi connectivity index (χ0n) is 15.6. The van der Waals surface area contributed by atoms with Crippen molar-refractivity contribution in [1.82, 2.24) is 4.90 Å². The maximum absolute atomic E-state index is 13.4. The van der Waals surface area contributed by atoms with Gasteiger partial charge in [-0.2, -0.15) is 0 Å². The largest absolute Gasteiger partial charge is 0.497 e. The number of carbonyl (C=O) groups is 2. The molecule has 3 heterocycles. The molecule has 0 saturated carbocycles. The summed E-state index contributed by atoms with van der Waals surface area (Å²) in [5, 5.41) is 11.5. The van der Waals surface area contributed by atoms with Crippen molar-refractivity contribution >= 4 is 34.4 Å². The molecule has 0 aliphatic carbocycles. The number of anilines is 1. The van der Waals surface area contributed by atoms with Crippen LogP contribution in [0.4, 0.5) is 5.69 Å². The van der Waals surface area contributed by atoms with E-state index in [-0.39, 0.29) is 24.3 Å². The van der Waals surface area contributed by atoms with E-state index in [2.05, 4.69) is 0 Å². The highest BCUT2D eigenvalue weighted by atomic mass is 32.1. The molecule has 1 N–H and O–H groups in total. The molecule has 2 aliphatic rings. The Labute approximate surface area is 167 Å². The van der Waals surface area contributed by atoms with Crippen molar-refractivity contribution in [2.24, 2.45) is 5.92 Å². The Kier molecular flexibility index (Phi) is 5.19. The maximum atomic E-state index is 13.4. The number of aliphatic hydroxyl groups is 1. The minimum Gasteiger partial charge on any atom is -0.497 e. The van der Waals surface area contributed by atoms with Crippen LogP contribution in [0.15, 0.2) is 47.5 Å². The van der Waals surface area contributed by atoms with Gasteiger partial charge in [0, 0.05) is 24.6 Å². The minimum absolute atomic E-state index is 0.0858. The van der Waals surface area contributed by atoms with Gasteiger partial charge in [-0.15, -0.1) is 11.3 Å². The first-order chi connectivity index (χ1) is 13.6. The molecule has 2 aromatic rings. The van der Waals surface area contributed by atoms with E-state index in [1.165, 1.54) is 16.2 Å². The third-order valence-electron chi connectivity index (χ3n) is 5.25. The third kappa shape index (κ3) is 3.21. The lowest BCUT2D eigenvalue weighted by Crippen LogP contribution is -2.40. The van der Waals surface area contributed by atoms with Gasteiger partial charge < -0.3 is 14.7 Å². The highest BCUT2D eigenvalue weighted by Crippen LogP contribution is 2.38. The van der Waals surface area contributed by atoms with E-state index < -0.39 is 0 Å². The number of amides is 2. The van der Waals surface area contributed by atoms with Crippen LogP contribution >= 0.6 is 11.3 Å². The van der Waals surface area contributed by atoms with Crippen molar-refractivity contribution in [3.8, 4) is 5.75 Å². The number of imide groups is 1. The second kappa shape index (κ2) is 7.77. The van der Waals surface area contributed by atoms with Gasteiger partial charge in [0.2, 0.25) is 0 Å². The number of piperidine rings is 1. The van der Waals surface area contributed by atoms with Crippen LogP contribution in [0.1, 0.15) is 17.7 Å². The molecule has 28 heavy (non-hydrogen) atoms. The van der Waals surface area contributed by atoms with Gasteiger partial charge in [0.05, 0.1) is 18.4 Å². The summed E-state index contributed by atoms with van der Waals surface area (Å²) in [6.07, 6.45) is 1.81. The number of hydrogen-bond donors (Lipinski definition) is 1. The zero-order valence-corrected chi connectivity index (χ0v) is 16.4. The highest BCUT2D eigenvalue weighted by Gasteiger charge is 2.43. The predicted molar refractivity (Wildman–Crippen MR) is 108 cm³/mol. The summed E-state index contributed by atoms with van der Waals surface area (Å²) < 4.78 is 5.18. The molecule has 1 saturated heterocycles. The van der Waals surface area contributed by atoms with Crippen LogP contribution in [-0.2, 0) is 9.59 Å². The topological polar surface area (TPSA) is 70.1 Å². The summed E-state index contributed by atoms with van der Waals surface area (Å²) in [4.78, 5) is 30.7. The van der Waals surface area contributed by atoms with Crippen molar-refractivity contribution in [2.45, 2.75) is 12.8 Å². The van der Waals surface area contributed by atoms with Gasteiger partial charge in [-0.1, -0.05) is 6.07 Å². The summed E-state index contributed by atoms with van der Waals surface area (Å²) >= 11 is 1.45. The number of benzene rings is 1. The molecule has 0 spiro atoms. The Hall–Kier alpha value is -2.64. The molecule has 1 atom stereocenters. The summed E-state index contributed by atoms with van der Waals surface area (Å²) in [6, 6.07) is 10.7. The molecule has 0 bridgehead atoms. The van der Waals surface area contributed by atoms with E-state index in [0.29, 0.717) is 35.8 Å². The predicted octanol–water partition coefficient (Wildman–Crippen LogP) is 2.75. The summed E-state index contributed by atoms with van der Waals surface area (Å²) in [6.45, 7) is 1.37. The Morgan fingerprint density at radius 2 is 1.96 bits per heavy atom. The van der Waals surface area contributed by atoms with Gasteiger partial charge in [0.15, 0.2) is 0 Å². The second-order valence-electron chi connectivity index (χ2n) is 6.98. The van der Waals surface area contributed by atoms with Crippen LogP contribution in [0.3, 0.4) is 0 Å². The molecule has 146 valence electrons. The van der Waals surface area contributed by atoms with E-state index >= 15 is 0 Å². The van der Waals surface area contributed by atoms with E-state index in [0.717, 1.165) is 17.7 Å². The Morgan fingerprint density at radius 3 is 2.61 bits per heavy atom. The maximum Gasteiger partial charge on any atom is 0.282 e. The third-order valence-corrected chi connectivity index (χ3v) is 6.14. The van der Waals surface area contributed by atoms with E-state index in [1.54, 1.807) is 31.4 Å². The lowest BCUT2D eigenvalue weighted by atomic mass is 9.98. The van der Waals surface area contributed by atoms with Crippen molar-refractivity contribution in [2.75, 3.05) is 31.7 Å². The van der Waals surface area contributed by atoms with Gasteiger partial charge >= 0.3 is 0 Å². The first-order valence-corrected chi connectivity index (χ1v) is 10.2. The van der Waals surface area contributed by atoms with Crippen LogP contribution in [0, 0.1) is 5.92 Å². The van der Waals surface area contributed by atoms with Gasteiger partial charge in [-0.25, -0.2) is 4.90 Å². The molecule has 1 aromatic carbocycles. The van der Waals surface area contributed by atoms with E-state index in [4.69, 9.17) is 4.74 Å². The number of ether oxygens (including phenoxy) is 1. The molecule has 6 nitrogen and oxygen atoms in total. The molecular formula is C21H22N2O4S. The van der Waals surface area contributed by atoms with E-state index in [9.17, 15) is 14.7 Å². The number of methoxy groups -OCH3 is 1. The van der Waals surface area contributed by atoms with Crippen molar-refractivity contribution in [3.63, 3.8) is 0 Å². The van der Waals surface area contributed by atoms with Crippen LogP contribution in [0.2, 0.25) is 0 Å². The fourth-order valence-corrected chi connectivity index (χ4v) is 4.60. The summed E-state index contributed by atoms with van der Waals surface area (Å²) in [5.74, 6) is 0.163. The van der Waals surface area contributed by atoms with Crippen molar-refractivity contribution < 1.29 is 19.4 Å². The lowest BCUT2D eigenvalue weighted by Gasteiger charge is -2.34. The van der Waals surface area contributed by atoms with Gasteiger partial charge in [-0.3, -0.25) is 9.59 Å². The SMILES string of the molecule is COc1ccc(N2C(=O)C(c3cccs3)=C(N3CCCC(CO)C3)C2=O)cc1. The standard InChI is InChI=1S/C21H22N2O4S/c1-27-16-8-6-15(7-9-16)23-20(25)18(17-5-3-11-28-17)19(21(23)26)22-10-2-4-14(12-22)13-24/h3,5-9,11,14,24H,2,4,10,12-13H2,1H3. The van der Waals surface area contributed by atoms with Gasteiger partial charge in [0.25, 0.3) is 11.8 Å². The number of hydrogen-bond acceptors (Lipinski definition) is 6. The smallest absolute Gasteiger partial charge is 0.282 e.